The predicted molar refractivity (Wildman–Crippen MR) is 89.0 cm³/mol. The van der Waals surface area contributed by atoms with Crippen LogP contribution in [0.15, 0.2) is 29.4 Å². The van der Waals surface area contributed by atoms with E-state index in [0.29, 0.717) is 11.2 Å². The Kier molecular flexibility index (Phi) is 3.72. The number of carboxylic acid groups (broad SMARTS) is 1. The van der Waals surface area contributed by atoms with Crippen LogP contribution >= 0.6 is 11.8 Å². The van der Waals surface area contributed by atoms with Gasteiger partial charge in [-0.3, -0.25) is 9.20 Å². The molecule has 7 heteroatoms. The maximum atomic E-state index is 10.9. The number of nitrogens with zero attached hydrogens (tertiary/aromatic N) is 4. The van der Waals surface area contributed by atoms with Crippen LogP contribution in [-0.2, 0) is 4.79 Å². The summed E-state index contributed by atoms with van der Waals surface area (Å²) in [5.41, 5.74) is 2.20. The highest BCUT2D eigenvalue weighted by Crippen LogP contribution is 2.34. The number of aliphatic carboxylic acids is 1. The molecule has 0 atom stereocenters. The molecule has 2 heterocycles. The number of thioether (sulfide) groups is 1. The molecule has 3 aromatic rings. The standard InChI is InChI=1S/C16H18N4O2S/c21-14(22)10-23-16-18-17-15-19(11-6-2-1-3-7-11)12-8-4-5-9-13(12)20(15)16/h4-5,8-9,11H,1-3,6-7,10H2,(H,21,22). The number of aromatic nitrogens is 4. The number of carboxylic acids is 1. The maximum absolute atomic E-state index is 10.9. The first-order valence-corrected chi connectivity index (χ1v) is 8.93. The number of para-hydroxylation sites is 2. The molecule has 1 saturated carbocycles. The summed E-state index contributed by atoms with van der Waals surface area (Å²) in [7, 11) is 0. The predicted octanol–water partition coefficient (Wildman–Crippen LogP) is 3.37. The zero-order valence-corrected chi connectivity index (χ0v) is 13.5. The Morgan fingerprint density at radius 3 is 2.65 bits per heavy atom. The third-order valence-electron chi connectivity index (χ3n) is 4.48. The van der Waals surface area contributed by atoms with E-state index < -0.39 is 5.97 Å². The molecule has 0 aliphatic heterocycles. The van der Waals surface area contributed by atoms with Crippen LogP contribution < -0.4 is 0 Å². The van der Waals surface area contributed by atoms with Gasteiger partial charge in [0.2, 0.25) is 5.78 Å². The van der Waals surface area contributed by atoms with Crippen molar-refractivity contribution in [1.82, 2.24) is 19.2 Å². The van der Waals surface area contributed by atoms with Crippen molar-refractivity contribution in [3.63, 3.8) is 0 Å². The topological polar surface area (TPSA) is 72.4 Å². The number of carbonyl (C=O) groups is 1. The van der Waals surface area contributed by atoms with Gasteiger partial charge in [-0.15, -0.1) is 10.2 Å². The number of benzene rings is 1. The summed E-state index contributed by atoms with van der Waals surface area (Å²) in [4.78, 5) is 10.9. The molecule has 0 saturated heterocycles. The maximum Gasteiger partial charge on any atom is 0.313 e. The second kappa shape index (κ2) is 5.88. The van der Waals surface area contributed by atoms with Crippen LogP contribution in [0.2, 0.25) is 0 Å². The van der Waals surface area contributed by atoms with Crippen LogP contribution in [0, 0.1) is 0 Å². The Morgan fingerprint density at radius 1 is 1.17 bits per heavy atom. The quantitative estimate of drug-likeness (QED) is 0.743. The molecule has 120 valence electrons. The molecule has 1 fully saturated rings. The third-order valence-corrected chi connectivity index (χ3v) is 5.39. The minimum Gasteiger partial charge on any atom is -0.481 e. The molecule has 1 aromatic carbocycles. The zero-order valence-electron chi connectivity index (χ0n) is 12.7. The smallest absolute Gasteiger partial charge is 0.313 e. The van der Waals surface area contributed by atoms with Crippen molar-refractivity contribution >= 4 is 34.5 Å². The van der Waals surface area contributed by atoms with E-state index in [2.05, 4.69) is 26.9 Å². The fourth-order valence-corrected chi connectivity index (χ4v) is 4.17. The van der Waals surface area contributed by atoms with Crippen molar-refractivity contribution in [2.24, 2.45) is 0 Å². The van der Waals surface area contributed by atoms with Crippen LogP contribution in [0.1, 0.15) is 38.1 Å². The van der Waals surface area contributed by atoms with Crippen LogP contribution in [0.4, 0.5) is 0 Å². The van der Waals surface area contributed by atoms with Crippen molar-refractivity contribution in [2.75, 3.05) is 5.75 Å². The van der Waals surface area contributed by atoms with Crippen molar-refractivity contribution < 1.29 is 9.90 Å². The lowest BCUT2D eigenvalue weighted by Crippen LogP contribution is -2.13. The normalized spacial score (nSPS) is 16.3. The fourth-order valence-electron chi connectivity index (χ4n) is 3.51. The molecule has 4 rings (SSSR count). The van der Waals surface area contributed by atoms with E-state index in [0.717, 1.165) is 16.8 Å². The van der Waals surface area contributed by atoms with Crippen molar-refractivity contribution in [2.45, 2.75) is 43.3 Å². The number of hydrogen-bond acceptors (Lipinski definition) is 4. The monoisotopic (exact) mass is 330 g/mol. The number of rotatable bonds is 4. The Bertz CT molecular complexity index is 864. The first kappa shape index (κ1) is 14.6. The third kappa shape index (κ3) is 2.49. The lowest BCUT2D eigenvalue weighted by molar-refractivity contribution is -0.133. The van der Waals surface area contributed by atoms with Gasteiger partial charge in [-0.25, -0.2) is 0 Å². The Balaban J connectivity index is 1.88. The van der Waals surface area contributed by atoms with Gasteiger partial charge >= 0.3 is 5.97 Å². The molecule has 2 aromatic heterocycles. The second-order valence-corrected chi connectivity index (χ2v) is 6.89. The summed E-state index contributed by atoms with van der Waals surface area (Å²) >= 11 is 1.22. The number of hydrogen-bond donors (Lipinski definition) is 1. The van der Waals surface area contributed by atoms with Gasteiger partial charge in [-0.05, 0) is 25.0 Å². The van der Waals surface area contributed by atoms with E-state index in [-0.39, 0.29) is 5.75 Å². The van der Waals surface area contributed by atoms with E-state index in [1.165, 1.54) is 43.9 Å². The van der Waals surface area contributed by atoms with Crippen LogP contribution in [0.3, 0.4) is 0 Å². The Hall–Kier alpha value is -2.02. The molecule has 1 aliphatic carbocycles. The van der Waals surface area contributed by atoms with Crippen LogP contribution in [-0.4, -0.2) is 36.0 Å². The molecule has 6 nitrogen and oxygen atoms in total. The Labute approximate surface area is 137 Å². The number of fused-ring (bicyclic) bond motifs is 3. The van der Waals surface area contributed by atoms with Crippen molar-refractivity contribution in [1.29, 1.82) is 0 Å². The first-order valence-electron chi connectivity index (χ1n) is 7.94. The molecule has 1 aliphatic rings. The molecule has 1 N–H and O–H groups in total. The molecule has 0 unspecified atom stereocenters. The van der Waals surface area contributed by atoms with Gasteiger partial charge < -0.3 is 9.67 Å². The highest BCUT2D eigenvalue weighted by molar-refractivity contribution is 7.99. The van der Waals surface area contributed by atoms with Gasteiger partial charge in [-0.2, -0.15) is 0 Å². The van der Waals surface area contributed by atoms with Gasteiger partial charge in [0.05, 0.1) is 16.8 Å². The second-order valence-electron chi connectivity index (χ2n) is 5.95. The fraction of sp³-hybridized carbons (Fsp3) is 0.438. The van der Waals surface area contributed by atoms with Gasteiger partial charge in [0.15, 0.2) is 5.16 Å². The van der Waals surface area contributed by atoms with E-state index >= 15 is 0 Å². The lowest BCUT2D eigenvalue weighted by Gasteiger charge is -2.23. The minimum absolute atomic E-state index is 0.0102. The van der Waals surface area contributed by atoms with E-state index in [9.17, 15) is 4.79 Å². The molecule has 0 bridgehead atoms. The summed E-state index contributed by atoms with van der Waals surface area (Å²) in [6.45, 7) is 0. The van der Waals surface area contributed by atoms with Gasteiger partial charge in [0, 0.05) is 6.04 Å². The van der Waals surface area contributed by atoms with E-state index in [1.54, 1.807) is 0 Å². The largest absolute Gasteiger partial charge is 0.481 e. The molecular weight excluding hydrogens is 312 g/mol. The molecule has 0 amide bonds. The molecule has 23 heavy (non-hydrogen) atoms. The first-order chi connectivity index (χ1) is 11.3. The summed E-state index contributed by atoms with van der Waals surface area (Å²) in [5, 5.41) is 18.2. The van der Waals surface area contributed by atoms with E-state index in [1.807, 2.05) is 16.5 Å². The van der Waals surface area contributed by atoms with Crippen LogP contribution in [0.5, 0.6) is 0 Å². The lowest BCUT2D eigenvalue weighted by atomic mass is 9.95. The zero-order chi connectivity index (χ0) is 15.8. The van der Waals surface area contributed by atoms with Gasteiger partial charge in [-0.1, -0.05) is 43.2 Å². The van der Waals surface area contributed by atoms with Crippen molar-refractivity contribution in [3.8, 4) is 0 Å². The highest BCUT2D eigenvalue weighted by Gasteiger charge is 2.23. The highest BCUT2D eigenvalue weighted by atomic mass is 32.2. The Morgan fingerprint density at radius 2 is 1.91 bits per heavy atom. The average Bonchev–Trinajstić information content (AvgIpc) is 3.11. The summed E-state index contributed by atoms with van der Waals surface area (Å²) in [5.74, 6) is -0.0299. The van der Waals surface area contributed by atoms with Gasteiger partial charge in [0.25, 0.3) is 0 Å². The van der Waals surface area contributed by atoms with E-state index in [4.69, 9.17) is 5.11 Å². The molecule has 0 spiro atoms. The summed E-state index contributed by atoms with van der Waals surface area (Å²) < 4.78 is 4.30. The summed E-state index contributed by atoms with van der Waals surface area (Å²) in [6, 6.07) is 8.66. The number of imidazole rings is 1. The van der Waals surface area contributed by atoms with Gasteiger partial charge in [0.1, 0.15) is 0 Å². The minimum atomic E-state index is -0.845. The average molecular weight is 330 g/mol. The molecule has 0 radical (unpaired) electrons. The molecular formula is C16H18N4O2S. The van der Waals surface area contributed by atoms with Crippen LogP contribution in [0.25, 0.3) is 16.8 Å². The summed E-state index contributed by atoms with van der Waals surface area (Å²) in [6.07, 6.45) is 6.13. The van der Waals surface area contributed by atoms with Crippen molar-refractivity contribution in [3.05, 3.63) is 24.3 Å². The SMILES string of the molecule is O=C(O)CSc1nnc2n(C3CCCCC3)c3ccccc3n12.